The fraction of sp³-hybridized carbons (Fsp3) is 0.720. The molecule has 0 radical (unpaired) electrons. The lowest BCUT2D eigenvalue weighted by Gasteiger charge is -2.32. The average molecular weight is 881 g/mol. The van der Waals surface area contributed by atoms with E-state index in [1.54, 1.807) is 20.8 Å². The van der Waals surface area contributed by atoms with Crippen molar-refractivity contribution >= 4 is 35.4 Å². The highest BCUT2D eigenvalue weighted by atomic mass is 16.6. The maximum absolute atomic E-state index is 12.6. The number of esters is 1. The van der Waals surface area contributed by atoms with Crippen LogP contribution in [0.1, 0.15) is 169 Å². The van der Waals surface area contributed by atoms with Gasteiger partial charge in [-0.2, -0.15) is 0 Å². The minimum absolute atomic E-state index is 0. The number of hydrogen-bond donors (Lipinski definition) is 4. The smallest absolute Gasteiger partial charge is 0.306 e. The van der Waals surface area contributed by atoms with Gasteiger partial charge in [0.25, 0.3) is 0 Å². The lowest BCUT2D eigenvalue weighted by Crippen LogP contribution is -2.38. The highest BCUT2D eigenvalue weighted by Gasteiger charge is 2.25. The Kier molecular flexibility index (Phi) is 23.7. The van der Waals surface area contributed by atoms with Crippen molar-refractivity contribution in [1.29, 1.82) is 0 Å². The third-order valence-electron chi connectivity index (χ3n) is 11.4. The quantitative estimate of drug-likeness (QED) is 0.133. The first kappa shape index (κ1) is 54.9. The lowest BCUT2D eigenvalue weighted by atomic mass is 9.91. The van der Waals surface area contributed by atoms with Crippen molar-refractivity contribution < 1.29 is 34.1 Å². The number of pyridine rings is 2. The molecule has 356 valence electrons. The summed E-state index contributed by atoms with van der Waals surface area (Å²) in [6, 6.07) is 8.40. The zero-order valence-electron chi connectivity index (χ0n) is 38.2. The molecule has 0 unspecified atom stereocenters. The van der Waals surface area contributed by atoms with Crippen LogP contribution in [-0.2, 0) is 49.6 Å². The molecule has 0 spiro atoms. The summed E-state index contributed by atoms with van der Waals surface area (Å²) in [5, 5.41) is 23.9. The van der Waals surface area contributed by atoms with Gasteiger partial charge in [-0.3, -0.25) is 19.2 Å². The zero-order valence-corrected chi connectivity index (χ0v) is 38.2. The first-order chi connectivity index (χ1) is 28.9. The Hall–Kier alpha value is -4.26. The summed E-state index contributed by atoms with van der Waals surface area (Å²) >= 11 is 0. The monoisotopic (exact) mass is 881 g/mol. The predicted molar refractivity (Wildman–Crippen MR) is 254 cm³/mol. The number of ether oxygens (including phenoxy) is 1. The number of hydrogen-bond acceptors (Lipinski definition) is 10. The number of rotatable bonds is 14. The fourth-order valence-corrected chi connectivity index (χ4v) is 8.21. The van der Waals surface area contributed by atoms with E-state index < -0.39 is 17.2 Å². The molecule has 2 aromatic heterocycles. The number of carboxylic acid groups (broad SMARTS) is 1. The number of aliphatic hydroxyl groups is 1. The fourth-order valence-electron chi connectivity index (χ4n) is 8.21. The minimum Gasteiger partial charge on any atom is -0.481 e. The van der Waals surface area contributed by atoms with Gasteiger partial charge in [-0.25, -0.2) is 9.97 Å². The van der Waals surface area contributed by atoms with Gasteiger partial charge in [-0.15, -0.1) is 0 Å². The van der Waals surface area contributed by atoms with Crippen molar-refractivity contribution in [1.82, 2.24) is 19.8 Å². The average Bonchev–Trinajstić information content (AvgIpc) is 3.21. The van der Waals surface area contributed by atoms with E-state index in [-0.39, 0.29) is 39.1 Å². The Bertz CT molecular complexity index is 1700. The summed E-state index contributed by atoms with van der Waals surface area (Å²) in [6.45, 7) is 16.1. The van der Waals surface area contributed by atoms with Gasteiger partial charge in [-0.1, -0.05) is 27.0 Å². The number of carbonyl (C=O) groups excluding carboxylic acids is 3. The number of carboxylic acids is 1. The van der Waals surface area contributed by atoms with Crippen LogP contribution < -0.4 is 10.6 Å². The second-order valence-corrected chi connectivity index (χ2v) is 19.3. The van der Waals surface area contributed by atoms with Crippen LogP contribution in [0.5, 0.6) is 0 Å². The zero-order chi connectivity index (χ0) is 44.4. The van der Waals surface area contributed by atoms with E-state index in [0.717, 1.165) is 139 Å². The van der Waals surface area contributed by atoms with Gasteiger partial charge in [0.1, 0.15) is 17.2 Å². The van der Waals surface area contributed by atoms with Gasteiger partial charge in [0.05, 0.1) is 5.60 Å². The number of amides is 2. The number of fused-ring (bicyclic) bond motifs is 2. The molecule has 2 fully saturated rings. The minimum atomic E-state index is -0.719. The second kappa shape index (κ2) is 27.2. The molecule has 6 heterocycles. The van der Waals surface area contributed by atoms with E-state index in [2.05, 4.69) is 33.8 Å². The molecule has 13 heteroatoms. The molecular formula is C50H84N6O7. The van der Waals surface area contributed by atoms with Gasteiger partial charge >= 0.3 is 11.9 Å². The number of anilines is 2. The number of aliphatic carboxylic acids is 1. The van der Waals surface area contributed by atoms with Gasteiger partial charge < -0.3 is 35.4 Å². The molecule has 2 aromatic rings. The number of nitrogens with one attached hydrogen (secondary N) is 2. The molecule has 0 bridgehead atoms. The van der Waals surface area contributed by atoms with E-state index in [9.17, 15) is 19.2 Å². The van der Waals surface area contributed by atoms with E-state index in [1.807, 2.05) is 36.6 Å². The molecule has 63 heavy (non-hydrogen) atoms. The van der Waals surface area contributed by atoms with Gasteiger partial charge in [0.2, 0.25) is 11.8 Å². The summed E-state index contributed by atoms with van der Waals surface area (Å²) in [5.41, 5.74) is 3.62. The summed E-state index contributed by atoms with van der Waals surface area (Å²) in [5.74, 6) is 2.76. The van der Waals surface area contributed by atoms with Crippen LogP contribution in [0.25, 0.3) is 0 Å². The third kappa shape index (κ3) is 21.8. The van der Waals surface area contributed by atoms with Crippen LogP contribution in [0.4, 0.5) is 11.6 Å². The number of likely N-dealkylation sites (tertiary alicyclic amines) is 2. The number of aromatic nitrogens is 2. The first-order valence-corrected chi connectivity index (χ1v) is 23.1. The molecule has 6 rings (SSSR count). The molecule has 13 nitrogen and oxygen atoms in total. The lowest BCUT2D eigenvalue weighted by molar-refractivity contribution is -0.155. The van der Waals surface area contributed by atoms with Crippen molar-refractivity contribution in [2.75, 3.05) is 49.9 Å². The third-order valence-corrected chi connectivity index (χ3v) is 11.4. The Balaban J connectivity index is 0.000000383. The Labute approximate surface area is 379 Å². The van der Waals surface area contributed by atoms with Crippen LogP contribution >= 0.6 is 0 Å². The standard InChI is InChI=1S/C24H37N3O3.C20H29N3O3.C4H10O.2CH4/c1-24(2,3)30-22(29)8-4-6-18-13-16-27(17-14-18)21(28)12-11-20-10-9-19-7-5-15-25-23(19)26-20;24-18(23-13-10-15(11-14-23)3-1-5-19(25)26)9-8-17-7-6-16-4-2-12-21-20(16)22-17;1-4(2,3)5;;/h9-10,18H,4-8,11-17H2,1-3H3,(H,25,26);6-7,15H,1-5,8-14H2,(H,21,22)(H,25,26);5H,1-3H3;2*1H4. The first-order valence-electron chi connectivity index (χ1n) is 23.1. The Morgan fingerprint density at radius 3 is 1.44 bits per heavy atom. The number of nitrogens with zero attached hydrogens (tertiary/aromatic N) is 4. The maximum Gasteiger partial charge on any atom is 0.306 e. The molecule has 0 aromatic carbocycles. The summed E-state index contributed by atoms with van der Waals surface area (Å²) < 4.78 is 5.37. The van der Waals surface area contributed by atoms with E-state index in [1.165, 1.54) is 11.1 Å². The van der Waals surface area contributed by atoms with Crippen LogP contribution in [-0.4, -0.2) is 104 Å². The second-order valence-electron chi connectivity index (χ2n) is 19.3. The van der Waals surface area contributed by atoms with E-state index in [0.29, 0.717) is 43.9 Å². The van der Waals surface area contributed by atoms with Crippen molar-refractivity contribution in [2.45, 2.75) is 183 Å². The highest BCUT2D eigenvalue weighted by Crippen LogP contribution is 2.26. The number of piperidine rings is 2. The largest absolute Gasteiger partial charge is 0.481 e. The molecule has 2 amide bonds. The van der Waals surface area contributed by atoms with E-state index >= 15 is 0 Å². The highest BCUT2D eigenvalue weighted by molar-refractivity contribution is 5.77. The molecule has 4 N–H and O–H groups in total. The summed E-state index contributed by atoms with van der Waals surface area (Å²) in [4.78, 5) is 60.8. The van der Waals surface area contributed by atoms with Crippen LogP contribution in [0, 0.1) is 11.8 Å². The summed E-state index contributed by atoms with van der Waals surface area (Å²) in [6.07, 6.45) is 15.3. The SMILES string of the molecule is C.C.CC(C)(C)O.CC(C)(C)OC(=O)CCCC1CCN(C(=O)CCc2ccc3c(n2)NCCC3)CC1.O=C(O)CCCC1CCN(C(=O)CCc2ccc3c(n2)NCCC3)CC1. The van der Waals surface area contributed by atoms with E-state index in [4.69, 9.17) is 19.9 Å². The topological polar surface area (TPSA) is 174 Å². The van der Waals surface area contributed by atoms with Crippen LogP contribution in [0.2, 0.25) is 0 Å². The van der Waals surface area contributed by atoms with Gasteiger partial charge in [0, 0.05) is 76.3 Å². The molecule has 0 saturated carbocycles. The maximum atomic E-state index is 12.6. The normalized spacial score (nSPS) is 16.4. The Morgan fingerprint density at radius 1 is 0.667 bits per heavy atom. The Morgan fingerprint density at radius 2 is 1.06 bits per heavy atom. The number of aryl methyl sites for hydroxylation is 4. The van der Waals surface area contributed by atoms with Crippen molar-refractivity contribution in [3.8, 4) is 0 Å². The van der Waals surface area contributed by atoms with Gasteiger partial charge in [-0.05, 0) is 167 Å². The van der Waals surface area contributed by atoms with Gasteiger partial charge in [0.15, 0.2) is 0 Å². The van der Waals surface area contributed by atoms with Crippen LogP contribution in [0.15, 0.2) is 24.3 Å². The van der Waals surface area contributed by atoms with Crippen molar-refractivity contribution in [2.24, 2.45) is 11.8 Å². The van der Waals surface area contributed by atoms with Crippen LogP contribution in [0.3, 0.4) is 0 Å². The van der Waals surface area contributed by atoms with Crippen molar-refractivity contribution in [3.63, 3.8) is 0 Å². The number of carbonyl (C=O) groups is 4. The molecule has 0 aliphatic carbocycles. The molecule has 4 aliphatic heterocycles. The van der Waals surface area contributed by atoms with Crippen molar-refractivity contribution in [3.05, 3.63) is 46.8 Å². The molecular weight excluding hydrogens is 797 g/mol. The predicted octanol–water partition coefficient (Wildman–Crippen LogP) is 9.04. The summed E-state index contributed by atoms with van der Waals surface area (Å²) in [7, 11) is 0. The molecule has 4 aliphatic rings. The molecule has 0 atom stereocenters. The molecule has 2 saturated heterocycles.